The Labute approximate surface area is 621 Å². The Bertz CT molecular complexity index is 4210. The Morgan fingerprint density at radius 3 is 1.84 bits per heavy atom. The molecule has 0 radical (unpaired) electrons. The maximum Gasteiger partial charge on any atom is 0.328 e. The van der Waals surface area contributed by atoms with Crippen molar-refractivity contribution in [2.75, 3.05) is 37.7 Å². The molecule has 0 bridgehead atoms. The van der Waals surface area contributed by atoms with Crippen molar-refractivity contribution in [3.63, 3.8) is 0 Å². The summed E-state index contributed by atoms with van der Waals surface area (Å²) in [4.78, 5) is 150. The molecule has 0 saturated carbocycles. The molecule has 9 amide bonds. The fraction of sp³-hybridized carbons (Fsp3) is 0.455. The molecule has 12 atom stereocenters. The summed E-state index contributed by atoms with van der Waals surface area (Å²) >= 11 is 8.68. The number of aromatic amines is 2. The molecule has 1 aliphatic heterocycles. The number of hydrogen-bond acceptors (Lipinski definition) is 16. The number of aliphatic hydroxyl groups is 1. The van der Waals surface area contributed by atoms with Crippen LogP contribution in [0.25, 0.3) is 32.6 Å². The van der Waals surface area contributed by atoms with Crippen molar-refractivity contribution in [3.8, 4) is 5.75 Å². The average molecular weight is 1480 g/mol. The molecule has 9 rings (SSSR count). The number of fused-ring (bicyclic) bond motifs is 4. The number of phenolic OH excluding ortho intramolecular Hbond substituents is 1. The van der Waals surface area contributed by atoms with E-state index in [9.17, 15) is 53.7 Å². The lowest BCUT2D eigenvalue weighted by Gasteiger charge is -2.47. The van der Waals surface area contributed by atoms with Gasteiger partial charge in [0.05, 0.1) is 6.10 Å². The van der Waals surface area contributed by atoms with Gasteiger partial charge in [-0.25, -0.2) is 4.79 Å². The normalized spacial score (nSPS) is 17.5. The van der Waals surface area contributed by atoms with Crippen LogP contribution < -0.4 is 53.6 Å². The summed E-state index contributed by atoms with van der Waals surface area (Å²) in [6, 6.07) is 21.9. The third-order valence-corrected chi connectivity index (χ3v) is 20.4. The van der Waals surface area contributed by atoms with Crippen molar-refractivity contribution < 1.29 is 63.3 Å². The number of thiol groups is 2. The number of carbonyl (C=O) groups is 10. The lowest BCUT2D eigenvalue weighted by atomic mass is 9.72. The summed E-state index contributed by atoms with van der Waals surface area (Å²) in [6.07, 6.45) is 5.78. The number of nitrogens with one attached hydrogen (secondary N) is 11. The lowest BCUT2D eigenvalue weighted by Crippen LogP contribution is -2.61. The number of aliphatic carboxylic acids is 1. The summed E-state index contributed by atoms with van der Waals surface area (Å²) in [5.74, 6) is -8.90. The van der Waals surface area contributed by atoms with E-state index < -0.39 is 114 Å². The first kappa shape index (κ1) is 79.6. The van der Waals surface area contributed by atoms with Crippen LogP contribution in [0.5, 0.6) is 5.75 Å². The van der Waals surface area contributed by atoms with Gasteiger partial charge >= 0.3 is 5.97 Å². The zero-order valence-electron chi connectivity index (χ0n) is 59.6. The highest BCUT2D eigenvalue weighted by molar-refractivity contribution is 7.80. The summed E-state index contributed by atoms with van der Waals surface area (Å²) < 4.78 is 0. The smallest absolute Gasteiger partial charge is 0.328 e. The standard InChI is InChI=1S/C77H99N13O13S2/c1-5-30-90-40-47(32-55-54-17-12-20-57-67(54)51(39-80-57)36-64(55)90)37-81-65(93)21-13-22-66(94)82-59(34-46-23-26-48-14-6-7-15-49(48)31-46)71(96)86-62(41-104)74(99)84-60(33-45-24-27-52(92)28-25-45)72(97)85-61(35-50-38-79-56-18-9-8-16-53(50)56)73(98)83-58(19-10-11-29-78)70(95)88-68(43(2)3)76(101)87-63(42-105)75(100)89-69(44(4)91)77(102)103/h6-9,12,14-18,20,23-28,31,38-39,43-44,47,55,58-64,68-69,79-80,91-92,104-105H,5,10-11,13,19,21-22,29-30,32-37,40-42,78H2,1-4H3,(H,81,93)(H,82,94)(H,83,98)(H,84,99)(H,85,97)(H,86,96)(H,87,101)(H,88,95)(H,89,100)(H,102,103)/t44-,47+,55?,58+,59-,60+,61-,62+,63+,64?,68+,69+/m1/s1. The molecule has 1 aliphatic carbocycles. The van der Waals surface area contributed by atoms with E-state index in [0.29, 0.717) is 58.9 Å². The molecular weight excluding hydrogens is 1380 g/mol. The van der Waals surface area contributed by atoms with E-state index in [0.717, 1.165) is 48.6 Å². The Morgan fingerprint density at radius 2 is 1.16 bits per heavy atom. The number of carboxylic acids is 1. The number of aliphatic hydroxyl groups excluding tert-OH is 1. The number of nitrogens with two attached hydrogens (primary N) is 1. The van der Waals surface area contributed by atoms with Gasteiger partial charge in [-0.3, -0.25) is 48.1 Å². The minimum absolute atomic E-state index is 0.00201. The van der Waals surface area contributed by atoms with Crippen LogP contribution in [-0.4, -0.2) is 187 Å². The molecule has 105 heavy (non-hydrogen) atoms. The number of para-hydroxylation sites is 1. The number of carbonyl (C=O) groups excluding carboxylic acids is 9. The molecule has 28 heteroatoms. The van der Waals surface area contributed by atoms with E-state index in [1.54, 1.807) is 38.2 Å². The molecule has 2 aromatic heterocycles. The summed E-state index contributed by atoms with van der Waals surface area (Å²) in [5, 5.41) is 58.3. The fourth-order valence-corrected chi connectivity index (χ4v) is 14.7. The highest BCUT2D eigenvalue weighted by atomic mass is 32.1. The number of unbranched alkanes of at least 4 members (excludes halogenated alkanes) is 1. The quantitative estimate of drug-likeness (QED) is 0.0190. The van der Waals surface area contributed by atoms with Gasteiger partial charge in [0.2, 0.25) is 53.2 Å². The van der Waals surface area contributed by atoms with Crippen molar-refractivity contribution in [3.05, 3.63) is 149 Å². The second kappa shape index (κ2) is 38.0. The molecule has 16 N–H and O–H groups in total. The minimum Gasteiger partial charge on any atom is -0.508 e. The van der Waals surface area contributed by atoms with Crippen molar-refractivity contribution in [2.24, 2.45) is 17.6 Å². The highest BCUT2D eigenvalue weighted by Crippen LogP contribution is 2.45. The maximum absolute atomic E-state index is 15.1. The van der Waals surface area contributed by atoms with Gasteiger partial charge in [0, 0.05) is 103 Å². The monoisotopic (exact) mass is 1480 g/mol. The number of rotatable bonds is 38. The Kier molecular flexibility index (Phi) is 28.8. The topological polar surface area (TPSA) is 400 Å². The molecule has 562 valence electrons. The zero-order valence-corrected chi connectivity index (χ0v) is 61.4. The predicted octanol–water partition coefficient (Wildman–Crippen LogP) is 4.25. The number of benzene rings is 5. The van der Waals surface area contributed by atoms with Gasteiger partial charge in [0.25, 0.3) is 0 Å². The number of aromatic hydroxyl groups is 1. The molecule has 3 heterocycles. The number of piperidine rings is 1. The Hall–Kier alpha value is -9.48. The first-order chi connectivity index (χ1) is 50.4. The number of aromatic nitrogens is 2. The van der Waals surface area contributed by atoms with Gasteiger partial charge in [-0.1, -0.05) is 106 Å². The highest BCUT2D eigenvalue weighted by Gasteiger charge is 2.42. The van der Waals surface area contributed by atoms with Crippen LogP contribution in [0.3, 0.4) is 0 Å². The van der Waals surface area contributed by atoms with Gasteiger partial charge in [-0.15, -0.1) is 0 Å². The second-order valence-corrected chi connectivity index (χ2v) is 28.6. The van der Waals surface area contributed by atoms with Gasteiger partial charge in [-0.2, -0.15) is 25.3 Å². The SMILES string of the molecule is CCCN1C[C@H](CNC(=O)CCCC(=O)N[C@H](Cc2ccc3ccccc3c2)C(=O)N[C@@H](CS)C(=O)N[C@@H](Cc2ccc(O)cc2)C(=O)N[C@H](Cc2c[nH]c3ccccc23)C(=O)N[C@@H](CCCCN)C(=O)N[C@H](C(=O)N[C@@H](CS)C(=O)N[C@H](C(=O)O)[C@@H](C)O)C(C)C)CC2c3cccc4[nH]cc(c34)CC21. The summed E-state index contributed by atoms with van der Waals surface area (Å²) in [6.45, 7) is 9.16. The molecule has 5 aromatic carbocycles. The van der Waals surface area contributed by atoms with Crippen LogP contribution in [0.2, 0.25) is 0 Å². The largest absolute Gasteiger partial charge is 0.508 e. The first-order valence-electron chi connectivity index (χ1n) is 36.1. The molecule has 7 aromatic rings. The molecule has 1 fully saturated rings. The number of carboxylic acid groups (broad SMARTS) is 1. The molecule has 1 saturated heterocycles. The molecule has 0 spiro atoms. The van der Waals surface area contributed by atoms with E-state index in [4.69, 9.17) is 5.73 Å². The van der Waals surface area contributed by atoms with E-state index in [1.807, 2.05) is 60.7 Å². The summed E-state index contributed by atoms with van der Waals surface area (Å²) in [5.41, 5.74) is 12.2. The zero-order chi connectivity index (χ0) is 75.4. The second-order valence-electron chi connectivity index (χ2n) is 27.9. The van der Waals surface area contributed by atoms with Crippen LogP contribution in [0.1, 0.15) is 113 Å². The molecule has 2 unspecified atom stereocenters. The predicted molar refractivity (Wildman–Crippen MR) is 407 cm³/mol. The van der Waals surface area contributed by atoms with Gasteiger partial charge in [0.15, 0.2) is 6.04 Å². The van der Waals surface area contributed by atoms with E-state index in [2.05, 4.69) is 119 Å². The van der Waals surface area contributed by atoms with E-state index in [1.165, 1.54) is 35.6 Å². The molecule has 2 aliphatic rings. The van der Waals surface area contributed by atoms with Crippen LogP contribution in [0.4, 0.5) is 0 Å². The number of hydrogen-bond donors (Lipinski definition) is 17. The van der Waals surface area contributed by atoms with Gasteiger partial charge in [0.1, 0.15) is 48.0 Å². The molecule has 26 nitrogen and oxygen atoms in total. The Balaban J connectivity index is 0.891. The van der Waals surface area contributed by atoms with Gasteiger partial charge in [-0.05, 0) is 140 Å². The van der Waals surface area contributed by atoms with Crippen LogP contribution in [0.15, 0.2) is 122 Å². The first-order valence-corrected chi connectivity index (χ1v) is 37.4. The number of likely N-dealkylation sites (tertiary alicyclic amines) is 1. The third kappa shape index (κ3) is 21.4. The van der Waals surface area contributed by atoms with Crippen molar-refractivity contribution in [1.29, 1.82) is 0 Å². The van der Waals surface area contributed by atoms with E-state index in [-0.39, 0.29) is 80.6 Å². The fourth-order valence-electron chi connectivity index (χ4n) is 14.2. The van der Waals surface area contributed by atoms with Crippen LogP contribution in [0, 0.1) is 11.8 Å². The molecular formula is C77H99N13O13S2. The van der Waals surface area contributed by atoms with E-state index >= 15 is 9.59 Å². The number of H-pyrrole nitrogens is 2. The Morgan fingerprint density at radius 1 is 0.590 bits per heavy atom. The maximum atomic E-state index is 15.1. The van der Waals surface area contributed by atoms with Crippen LogP contribution >= 0.6 is 25.3 Å². The number of nitrogens with zero attached hydrogens (tertiary/aromatic N) is 1. The number of amides is 9. The van der Waals surface area contributed by atoms with Crippen molar-refractivity contribution in [1.82, 2.24) is 62.7 Å². The number of phenols is 1. The average Bonchev–Trinajstić information content (AvgIpc) is 1.69. The van der Waals surface area contributed by atoms with Crippen LogP contribution in [-0.2, 0) is 73.6 Å². The minimum atomic E-state index is -1.71. The van der Waals surface area contributed by atoms with Crippen molar-refractivity contribution in [2.45, 2.75) is 171 Å². The summed E-state index contributed by atoms with van der Waals surface area (Å²) in [7, 11) is 0. The van der Waals surface area contributed by atoms with Gasteiger partial charge < -0.3 is 78.9 Å². The lowest BCUT2D eigenvalue weighted by molar-refractivity contribution is -0.145. The van der Waals surface area contributed by atoms with Crippen molar-refractivity contribution >= 4 is 117 Å². The third-order valence-electron chi connectivity index (χ3n) is 19.7.